The zero-order chi connectivity index (χ0) is 21.3. The van der Waals surface area contributed by atoms with Gasteiger partial charge in [0, 0.05) is 38.3 Å². The number of ether oxygens (including phenoxy) is 1. The summed E-state index contributed by atoms with van der Waals surface area (Å²) in [5, 5.41) is 0. The van der Waals surface area contributed by atoms with E-state index in [2.05, 4.69) is 40.2 Å². The average molecular weight is 415 g/mol. The van der Waals surface area contributed by atoms with Crippen LogP contribution in [0.2, 0.25) is 0 Å². The summed E-state index contributed by atoms with van der Waals surface area (Å²) < 4.78 is 6.17. The van der Waals surface area contributed by atoms with E-state index in [4.69, 9.17) is 4.74 Å². The third-order valence-electron chi connectivity index (χ3n) is 5.80. The maximum Gasteiger partial charge on any atom is 0.143 e. The molecule has 4 nitrogen and oxygen atoms in total. The molecule has 0 atom stereocenters. The number of hydrogen-bond donors (Lipinski definition) is 0. The topological polar surface area (TPSA) is 42.4 Å². The Morgan fingerprint density at radius 2 is 1.65 bits per heavy atom. The van der Waals surface area contributed by atoms with Crippen molar-refractivity contribution < 1.29 is 9.53 Å². The van der Waals surface area contributed by atoms with Gasteiger partial charge in [0.2, 0.25) is 0 Å². The molecule has 1 fully saturated rings. The molecule has 3 aromatic rings. The maximum absolute atomic E-state index is 12.3. The van der Waals surface area contributed by atoms with Gasteiger partial charge < -0.3 is 9.64 Å². The second-order valence-electron chi connectivity index (χ2n) is 8.20. The van der Waals surface area contributed by atoms with Gasteiger partial charge in [-0.05, 0) is 60.6 Å². The second kappa shape index (κ2) is 10.8. The highest BCUT2D eigenvalue weighted by Gasteiger charge is 2.15. The summed E-state index contributed by atoms with van der Waals surface area (Å²) >= 11 is 0. The Hall–Kier alpha value is -3.14. The molecule has 0 spiro atoms. The Bertz CT molecular complexity index is 964. The molecule has 31 heavy (non-hydrogen) atoms. The van der Waals surface area contributed by atoms with Crippen molar-refractivity contribution in [2.45, 2.75) is 45.1 Å². The van der Waals surface area contributed by atoms with Crippen molar-refractivity contribution in [3.63, 3.8) is 0 Å². The van der Waals surface area contributed by atoms with Crippen molar-refractivity contribution in [1.82, 2.24) is 4.98 Å². The van der Waals surface area contributed by atoms with Gasteiger partial charge in [-0.15, -0.1) is 0 Å². The Morgan fingerprint density at radius 3 is 2.42 bits per heavy atom. The Labute approximate surface area is 184 Å². The Balaban J connectivity index is 1.29. The number of aryl methyl sites for hydroxylation is 1. The molecular weight excluding hydrogens is 384 g/mol. The molecule has 1 aliphatic heterocycles. The standard InChI is InChI=1S/C27H30N2O2/c30-25(15-14-23-7-6-16-28-20-23)19-22-10-12-24(13-11-22)21-31-27-9-3-2-8-26(27)29-17-4-1-5-18-29/h2-3,6-13,16,20H,1,4-5,14-15,17-19,21H2. The normalized spacial score (nSPS) is 13.7. The number of hydrogen-bond acceptors (Lipinski definition) is 4. The van der Waals surface area contributed by atoms with Gasteiger partial charge in [0.1, 0.15) is 18.1 Å². The van der Waals surface area contributed by atoms with Gasteiger partial charge in [-0.2, -0.15) is 0 Å². The van der Waals surface area contributed by atoms with Crippen molar-refractivity contribution in [3.8, 4) is 5.75 Å². The fourth-order valence-electron chi connectivity index (χ4n) is 4.04. The fourth-order valence-corrected chi connectivity index (χ4v) is 4.04. The Morgan fingerprint density at radius 1 is 0.871 bits per heavy atom. The SMILES string of the molecule is O=C(CCc1cccnc1)Cc1ccc(COc2ccccc2N2CCCCC2)cc1. The largest absolute Gasteiger partial charge is 0.487 e. The maximum atomic E-state index is 12.3. The van der Waals surface area contributed by atoms with Crippen LogP contribution in [0.4, 0.5) is 5.69 Å². The molecule has 0 bridgehead atoms. The van der Waals surface area contributed by atoms with Gasteiger partial charge in [-0.25, -0.2) is 0 Å². The molecule has 1 aliphatic rings. The number of carbonyl (C=O) groups is 1. The van der Waals surface area contributed by atoms with Gasteiger partial charge in [0.25, 0.3) is 0 Å². The Kier molecular flexibility index (Phi) is 7.32. The molecule has 4 rings (SSSR count). The van der Waals surface area contributed by atoms with Crippen molar-refractivity contribution in [2.24, 2.45) is 0 Å². The number of rotatable bonds is 9. The van der Waals surface area contributed by atoms with Gasteiger partial charge in [0.15, 0.2) is 0 Å². The van der Waals surface area contributed by atoms with E-state index >= 15 is 0 Å². The van der Waals surface area contributed by atoms with E-state index in [1.165, 1.54) is 24.9 Å². The molecule has 0 saturated carbocycles. The molecule has 0 radical (unpaired) electrons. The first-order valence-corrected chi connectivity index (χ1v) is 11.2. The van der Waals surface area contributed by atoms with Crippen LogP contribution in [0.5, 0.6) is 5.75 Å². The molecule has 2 heterocycles. The lowest BCUT2D eigenvalue weighted by molar-refractivity contribution is -0.118. The first-order valence-electron chi connectivity index (χ1n) is 11.2. The predicted octanol–water partition coefficient (Wildman–Crippen LogP) is 5.40. The fraction of sp³-hybridized carbons (Fsp3) is 0.333. The van der Waals surface area contributed by atoms with E-state index in [-0.39, 0.29) is 5.78 Å². The van der Waals surface area contributed by atoms with Crippen LogP contribution in [0.15, 0.2) is 73.1 Å². The number of pyridine rings is 1. The van der Waals surface area contributed by atoms with E-state index < -0.39 is 0 Å². The average Bonchev–Trinajstić information content (AvgIpc) is 2.84. The summed E-state index contributed by atoms with van der Waals surface area (Å²) in [5.41, 5.74) is 4.46. The van der Waals surface area contributed by atoms with Crippen LogP contribution in [0.1, 0.15) is 42.4 Å². The number of aromatic nitrogens is 1. The molecule has 1 aromatic heterocycles. The van der Waals surface area contributed by atoms with Crippen LogP contribution >= 0.6 is 0 Å². The van der Waals surface area contributed by atoms with Crippen LogP contribution in [-0.4, -0.2) is 23.9 Å². The van der Waals surface area contributed by atoms with Gasteiger partial charge in [0.05, 0.1) is 5.69 Å². The molecular formula is C27H30N2O2. The molecule has 2 aromatic carbocycles. The monoisotopic (exact) mass is 414 g/mol. The van der Waals surface area contributed by atoms with E-state index in [1.807, 2.05) is 36.5 Å². The highest BCUT2D eigenvalue weighted by atomic mass is 16.5. The predicted molar refractivity (Wildman–Crippen MR) is 125 cm³/mol. The molecule has 0 N–H and O–H groups in total. The van der Waals surface area contributed by atoms with Crippen LogP contribution in [0.3, 0.4) is 0 Å². The van der Waals surface area contributed by atoms with Crippen LogP contribution in [-0.2, 0) is 24.2 Å². The summed E-state index contributed by atoms with van der Waals surface area (Å²) in [4.78, 5) is 18.9. The van der Waals surface area contributed by atoms with Crippen LogP contribution in [0, 0.1) is 0 Å². The number of piperidine rings is 1. The lowest BCUT2D eigenvalue weighted by Gasteiger charge is -2.30. The molecule has 0 unspecified atom stereocenters. The van der Waals surface area contributed by atoms with Crippen molar-refractivity contribution in [1.29, 1.82) is 0 Å². The summed E-state index contributed by atoms with van der Waals surface area (Å²) in [6.45, 7) is 2.73. The summed E-state index contributed by atoms with van der Waals surface area (Å²) in [6.07, 6.45) is 9.15. The number of Topliss-reactive ketones (excluding diaryl/α,β-unsaturated/α-hetero) is 1. The number of nitrogens with zero attached hydrogens (tertiary/aromatic N) is 2. The first kappa shape index (κ1) is 21.1. The highest BCUT2D eigenvalue weighted by Crippen LogP contribution is 2.30. The van der Waals surface area contributed by atoms with Gasteiger partial charge >= 0.3 is 0 Å². The van der Waals surface area contributed by atoms with Crippen LogP contribution < -0.4 is 9.64 Å². The van der Waals surface area contributed by atoms with E-state index in [1.54, 1.807) is 6.20 Å². The van der Waals surface area contributed by atoms with E-state index in [0.29, 0.717) is 19.4 Å². The van der Waals surface area contributed by atoms with E-state index in [0.717, 1.165) is 42.0 Å². The minimum atomic E-state index is 0.253. The quantitative estimate of drug-likeness (QED) is 0.470. The number of carbonyl (C=O) groups excluding carboxylic acids is 1. The van der Waals surface area contributed by atoms with E-state index in [9.17, 15) is 4.79 Å². The zero-order valence-corrected chi connectivity index (χ0v) is 18.0. The van der Waals surface area contributed by atoms with Crippen molar-refractivity contribution in [3.05, 3.63) is 89.7 Å². The highest BCUT2D eigenvalue weighted by molar-refractivity contribution is 5.81. The van der Waals surface area contributed by atoms with Crippen LogP contribution in [0.25, 0.3) is 0 Å². The zero-order valence-electron chi connectivity index (χ0n) is 18.0. The van der Waals surface area contributed by atoms with Crippen molar-refractivity contribution in [2.75, 3.05) is 18.0 Å². The number of anilines is 1. The second-order valence-corrected chi connectivity index (χ2v) is 8.20. The van der Waals surface area contributed by atoms with Crippen molar-refractivity contribution >= 4 is 11.5 Å². The minimum Gasteiger partial charge on any atom is -0.487 e. The van der Waals surface area contributed by atoms with Gasteiger partial charge in [-0.3, -0.25) is 9.78 Å². The lowest BCUT2D eigenvalue weighted by atomic mass is 10.0. The number of benzene rings is 2. The lowest BCUT2D eigenvalue weighted by Crippen LogP contribution is -2.29. The van der Waals surface area contributed by atoms with Gasteiger partial charge in [-0.1, -0.05) is 42.5 Å². The smallest absolute Gasteiger partial charge is 0.143 e. The molecule has 0 aliphatic carbocycles. The summed E-state index contributed by atoms with van der Waals surface area (Å²) in [5.74, 6) is 1.20. The molecule has 4 heteroatoms. The first-order chi connectivity index (χ1) is 15.3. The molecule has 1 saturated heterocycles. The summed E-state index contributed by atoms with van der Waals surface area (Å²) in [7, 11) is 0. The third kappa shape index (κ3) is 6.17. The number of para-hydroxylation sites is 2. The minimum absolute atomic E-state index is 0.253. The summed E-state index contributed by atoms with van der Waals surface area (Å²) in [6, 6.07) is 20.4. The molecule has 160 valence electrons. The molecule has 0 amide bonds. The number of ketones is 1. The third-order valence-corrected chi connectivity index (χ3v) is 5.80.